The van der Waals surface area contributed by atoms with Gasteiger partial charge in [-0.15, -0.1) is 0 Å². The Kier molecular flexibility index (Phi) is 5.17. The van der Waals surface area contributed by atoms with Crippen molar-refractivity contribution >= 4 is 34.8 Å². The first-order valence-corrected chi connectivity index (χ1v) is 10.3. The first-order chi connectivity index (χ1) is 9.58. The zero-order valence-corrected chi connectivity index (χ0v) is 14.8. The summed E-state index contributed by atoms with van der Waals surface area (Å²) in [6, 6.07) is 9.97. The first kappa shape index (κ1) is 15.5. The van der Waals surface area contributed by atoms with Crippen molar-refractivity contribution in [3.05, 3.63) is 52.6 Å². The van der Waals surface area contributed by atoms with E-state index < -0.39 is 0 Å². The average molecular weight is 398 g/mol. The van der Waals surface area contributed by atoms with Gasteiger partial charge in [0.25, 0.3) is 0 Å². The molecule has 0 aliphatic rings. The minimum absolute atomic E-state index is 0.411. The number of rotatable bonds is 4. The number of carbonyl (C=O) groups is 1. The number of aldehydes is 1. The Bertz CT molecular complexity index is 630. The van der Waals surface area contributed by atoms with Gasteiger partial charge in [-0.2, -0.15) is 0 Å². The van der Waals surface area contributed by atoms with Crippen LogP contribution in [-0.4, -0.2) is 6.29 Å². The quantitative estimate of drug-likeness (QED) is 0.391. The van der Waals surface area contributed by atoms with Gasteiger partial charge in [0.05, 0.1) is 0 Å². The minimum atomic E-state index is 0.411. The van der Waals surface area contributed by atoms with Crippen LogP contribution in [0.5, 0.6) is 5.75 Å². The molecule has 1 unspecified atom stereocenters. The zero-order chi connectivity index (χ0) is 14.7. The van der Waals surface area contributed by atoms with Crippen LogP contribution >= 0.6 is 28.5 Å². The molecule has 2 aromatic rings. The third-order valence-corrected chi connectivity index (χ3v) is 4.41. The van der Waals surface area contributed by atoms with Crippen molar-refractivity contribution < 1.29 is 9.32 Å². The molecule has 0 radical (unpaired) electrons. The summed E-state index contributed by atoms with van der Waals surface area (Å²) in [6.07, 6.45) is 0.915. The van der Waals surface area contributed by atoms with Crippen LogP contribution < -0.4 is 4.52 Å². The monoisotopic (exact) mass is 398 g/mol. The Morgan fingerprint density at radius 2 is 1.80 bits per heavy atom. The lowest BCUT2D eigenvalue weighted by Crippen LogP contribution is -1.95. The summed E-state index contributed by atoms with van der Waals surface area (Å²) in [5.41, 5.74) is 6.42. The van der Waals surface area contributed by atoms with E-state index in [9.17, 15) is 4.79 Å². The number of benzene rings is 2. The molecule has 0 amide bonds. The predicted octanol–water partition coefficient (Wildman–Crippen LogP) is 5.41. The topological polar surface area (TPSA) is 26.3 Å². The maximum absolute atomic E-state index is 11.1. The van der Waals surface area contributed by atoms with Crippen molar-refractivity contribution in [2.45, 2.75) is 20.8 Å². The van der Waals surface area contributed by atoms with Crippen LogP contribution in [0.1, 0.15) is 27.0 Å². The maximum Gasteiger partial charge on any atom is 0.150 e. The van der Waals surface area contributed by atoms with Gasteiger partial charge in [0.1, 0.15) is 18.5 Å². The molecule has 2 nitrogen and oxygen atoms in total. The summed E-state index contributed by atoms with van der Waals surface area (Å²) in [4.78, 5) is 11.1. The molecule has 0 saturated heterocycles. The van der Waals surface area contributed by atoms with E-state index in [2.05, 4.69) is 54.1 Å². The van der Waals surface area contributed by atoms with Gasteiger partial charge in [0.2, 0.25) is 0 Å². The lowest BCUT2D eigenvalue weighted by molar-refractivity contribution is 0.112. The second-order valence-electron chi connectivity index (χ2n) is 4.75. The number of halogens is 1. The molecule has 2 aromatic carbocycles. The maximum atomic E-state index is 11.1. The summed E-state index contributed by atoms with van der Waals surface area (Å²) < 4.78 is 5.59. The first-order valence-electron chi connectivity index (χ1n) is 6.27. The Morgan fingerprint density at radius 1 is 1.15 bits per heavy atom. The van der Waals surface area contributed by atoms with Crippen LogP contribution in [0.25, 0.3) is 11.1 Å². The third kappa shape index (κ3) is 3.04. The largest absolute Gasteiger partial charge is 0.467 e. The minimum Gasteiger partial charge on any atom is -0.467 e. The fourth-order valence-corrected chi connectivity index (χ4v) is 3.47. The van der Waals surface area contributed by atoms with E-state index in [0.29, 0.717) is 6.45 Å². The number of hydrogen-bond acceptors (Lipinski definition) is 2. The highest BCUT2D eigenvalue weighted by Gasteiger charge is 2.12. The van der Waals surface area contributed by atoms with Crippen molar-refractivity contribution in [1.82, 2.24) is 0 Å². The van der Waals surface area contributed by atoms with Crippen molar-refractivity contribution in [2.24, 2.45) is 0 Å². The second-order valence-corrected chi connectivity index (χ2v) is 6.43. The van der Waals surface area contributed by atoms with Crippen LogP contribution in [0.3, 0.4) is 0 Å². The van der Waals surface area contributed by atoms with Crippen molar-refractivity contribution in [3.8, 4) is 16.9 Å². The molecule has 1 atom stereocenters. The standard InChI is InChI=1S/C16H16IO2P/c1-10-7-14(19-20-17)8-11(2)16(10)15-6-4-5-13(9-18)12(15)3/h4-9,20H,1-3H3. The summed E-state index contributed by atoms with van der Waals surface area (Å²) in [7, 11) is 0. The van der Waals surface area contributed by atoms with Crippen molar-refractivity contribution in [3.63, 3.8) is 0 Å². The van der Waals surface area contributed by atoms with Crippen LogP contribution in [0, 0.1) is 20.8 Å². The Labute approximate surface area is 134 Å². The number of aryl methyl sites for hydroxylation is 2. The van der Waals surface area contributed by atoms with Crippen LogP contribution in [-0.2, 0) is 0 Å². The van der Waals surface area contributed by atoms with Gasteiger partial charge in [0, 0.05) is 5.56 Å². The lowest BCUT2D eigenvalue weighted by Gasteiger charge is -2.15. The summed E-state index contributed by atoms with van der Waals surface area (Å²) in [5, 5.41) is 0. The van der Waals surface area contributed by atoms with E-state index in [1.165, 1.54) is 16.7 Å². The molecule has 0 heterocycles. The zero-order valence-electron chi connectivity index (χ0n) is 11.7. The molecule has 0 bridgehead atoms. The molecule has 0 aliphatic carbocycles. The summed E-state index contributed by atoms with van der Waals surface area (Å²) in [6.45, 7) is 6.57. The molecule has 0 spiro atoms. The van der Waals surface area contributed by atoms with Crippen LogP contribution in [0.15, 0.2) is 30.3 Å². The SMILES string of the molecule is Cc1cc(OPI)cc(C)c1-c1cccc(C=O)c1C. The average Bonchev–Trinajstić information content (AvgIpc) is 2.40. The van der Waals surface area contributed by atoms with Gasteiger partial charge in [-0.1, -0.05) is 18.2 Å². The van der Waals surface area contributed by atoms with Crippen LogP contribution in [0.4, 0.5) is 0 Å². The molecule has 104 valence electrons. The van der Waals surface area contributed by atoms with E-state index in [0.717, 1.165) is 28.7 Å². The fourth-order valence-electron chi connectivity index (χ4n) is 2.50. The van der Waals surface area contributed by atoms with Gasteiger partial charge in [-0.25, -0.2) is 0 Å². The third-order valence-electron chi connectivity index (χ3n) is 3.43. The van der Waals surface area contributed by atoms with E-state index in [-0.39, 0.29) is 0 Å². The van der Waals surface area contributed by atoms with E-state index in [1.54, 1.807) is 0 Å². The summed E-state index contributed by atoms with van der Waals surface area (Å²) in [5.74, 6) is 0.903. The summed E-state index contributed by atoms with van der Waals surface area (Å²) >= 11 is 2.22. The van der Waals surface area contributed by atoms with Gasteiger partial charge in [-0.3, -0.25) is 4.79 Å². The Hall–Kier alpha value is -0.930. The number of hydrogen-bond donors (Lipinski definition) is 0. The molecule has 0 aliphatic heterocycles. The highest BCUT2D eigenvalue weighted by Crippen LogP contribution is 2.36. The molecule has 0 saturated carbocycles. The lowest BCUT2D eigenvalue weighted by atomic mass is 9.90. The molecule has 0 aromatic heterocycles. The van der Waals surface area contributed by atoms with E-state index >= 15 is 0 Å². The molecule has 0 N–H and O–H groups in total. The van der Waals surface area contributed by atoms with Crippen molar-refractivity contribution in [1.29, 1.82) is 0 Å². The Balaban J connectivity index is 2.61. The smallest absolute Gasteiger partial charge is 0.150 e. The predicted molar refractivity (Wildman–Crippen MR) is 94.4 cm³/mol. The normalized spacial score (nSPS) is 11.0. The fraction of sp³-hybridized carbons (Fsp3) is 0.188. The van der Waals surface area contributed by atoms with Crippen molar-refractivity contribution in [2.75, 3.05) is 0 Å². The number of carbonyl (C=O) groups excluding carboxylic acids is 1. The van der Waals surface area contributed by atoms with Gasteiger partial charge in [-0.05, 0) is 82.8 Å². The Morgan fingerprint density at radius 3 is 2.35 bits per heavy atom. The molecule has 0 fully saturated rings. The van der Waals surface area contributed by atoms with E-state index in [4.69, 9.17) is 4.52 Å². The highest BCUT2D eigenvalue weighted by atomic mass is 127. The molecule has 20 heavy (non-hydrogen) atoms. The molecular formula is C16H16IO2P. The van der Waals surface area contributed by atoms with E-state index in [1.807, 2.05) is 19.1 Å². The molecule has 2 rings (SSSR count). The van der Waals surface area contributed by atoms with Gasteiger partial charge in [0.15, 0.2) is 0 Å². The molecular weight excluding hydrogens is 382 g/mol. The highest BCUT2D eigenvalue weighted by molar-refractivity contribution is 14.2. The van der Waals surface area contributed by atoms with Gasteiger partial charge >= 0.3 is 0 Å². The van der Waals surface area contributed by atoms with Gasteiger partial charge < -0.3 is 4.52 Å². The second kappa shape index (κ2) is 6.68. The molecule has 4 heteroatoms. The van der Waals surface area contributed by atoms with Crippen LogP contribution in [0.2, 0.25) is 0 Å².